The fourth-order valence-electron chi connectivity index (χ4n) is 2.27. The zero-order chi connectivity index (χ0) is 14.7. The van der Waals surface area contributed by atoms with Crippen LogP contribution in [0, 0.1) is 6.92 Å². The number of hydrazone groups is 1. The molecule has 0 aliphatic carbocycles. The summed E-state index contributed by atoms with van der Waals surface area (Å²) in [6, 6.07) is 16.3. The van der Waals surface area contributed by atoms with Gasteiger partial charge in [0, 0.05) is 18.2 Å². The van der Waals surface area contributed by atoms with Crippen molar-refractivity contribution in [3.8, 4) is 0 Å². The zero-order valence-corrected chi connectivity index (χ0v) is 12.2. The molecular weight excluding hydrogens is 262 g/mol. The minimum absolute atomic E-state index is 0.509. The average molecular weight is 279 g/mol. The SMILES string of the molecule is Cc1cccc(C=NN(C)C2=NOCc3ccccc32)c1. The van der Waals surface area contributed by atoms with Gasteiger partial charge in [0.2, 0.25) is 0 Å². The number of benzene rings is 2. The van der Waals surface area contributed by atoms with E-state index in [-0.39, 0.29) is 0 Å². The Bertz CT molecular complexity index is 707. The van der Waals surface area contributed by atoms with Crippen molar-refractivity contribution in [1.82, 2.24) is 5.01 Å². The van der Waals surface area contributed by atoms with E-state index in [1.807, 2.05) is 49.7 Å². The molecule has 2 aromatic rings. The highest BCUT2D eigenvalue weighted by molar-refractivity contribution is 6.00. The fourth-order valence-corrected chi connectivity index (χ4v) is 2.27. The highest BCUT2D eigenvalue weighted by Crippen LogP contribution is 2.18. The van der Waals surface area contributed by atoms with Crippen LogP contribution in [0.5, 0.6) is 0 Å². The van der Waals surface area contributed by atoms with E-state index < -0.39 is 0 Å². The van der Waals surface area contributed by atoms with Crippen LogP contribution in [0.3, 0.4) is 0 Å². The van der Waals surface area contributed by atoms with E-state index >= 15 is 0 Å². The van der Waals surface area contributed by atoms with E-state index in [0.29, 0.717) is 6.61 Å². The zero-order valence-electron chi connectivity index (χ0n) is 12.2. The van der Waals surface area contributed by atoms with Crippen LogP contribution in [0.2, 0.25) is 0 Å². The van der Waals surface area contributed by atoms with Crippen molar-refractivity contribution < 1.29 is 4.84 Å². The smallest absolute Gasteiger partial charge is 0.195 e. The van der Waals surface area contributed by atoms with Gasteiger partial charge in [-0.3, -0.25) is 0 Å². The summed E-state index contributed by atoms with van der Waals surface area (Å²) in [7, 11) is 1.87. The molecule has 1 aliphatic heterocycles. The van der Waals surface area contributed by atoms with Gasteiger partial charge in [0.15, 0.2) is 5.84 Å². The maximum atomic E-state index is 5.27. The predicted octanol–water partition coefficient (Wildman–Crippen LogP) is 3.15. The molecule has 0 amide bonds. The maximum absolute atomic E-state index is 5.27. The maximum Gasteiger partial charge on any atom is 0.195 e. The third-order valence-electron chi connectivity index (χ3n) is 3.36. The van der Waals surface area contributed by atoms with Crippen molar-refractivity contribution >= 4 is 12.1 Å². The van der Waals surface area contributed by atoms with Crippen LogP contribution in [0.25, 0.3) is 0 Å². The normalized spacial score (nSPS) is 13.5. The van der Waals surface area contributed by atoms with Crippen LogP contribution < -0.4 is 0 Å². The van der Waals surface area contributed by atoms with Gasteiger partial charge in [-0.1, -0.05) is 59.3 Å². The second kappa shape index (κ2) is 5.79. The van der Waals surface area contributed by atoms with Gasteiger partial charge in [0.1, 0.15) is 6.61 Å². The first-order valence-electron chi connectivity index (χ1n) is 6.86. The molecule has 0 fully saturated rings. The Morgan fingerprint density at radius 1 is 1.19 bits per heavy atom. The fraction of sp³-hybridized carbons (Fsp3) is 0.176. The third-order valence-corrected chi connectivity index (χ3v) is 3.36. The first kappa shape index (κ1) is 13.4. The first-order valence-corrected chi connectivity index (χ1v) is 6.86. The van der Waals surface area contributed by atoms with Gasteiger partial charge in [-0.15, -0.1) is 0 Å². The minimum atomic E-state index is 0.509. The van der Waals surface area contributed by atoms with E-state index in [1.165, 1.54) is 5.56 Å². The summed E-state index contributed by atoms with van der Waals surface area (Å²) < 4.78 is 0. The molecule has 1 aliphatic rings. The monoisotopic (exact) mass is 279 g/mol. The van der Waals surface area contributed by atoms with Crippen LogP contribution in [0.4, 0.5) is 0 Å². The molecule has 21 heavy (non-hydrogen) atoms. The number of fused-ring (bicyclic) bond motifs is 1. The number of nitrogens with zero attached hydrogens (tertiary/aromatic N) is 3. The van der Waals surface area contributed by atoms with E-state index in [1.54, 1.807) is 5.01 Å². The molecule has 0 atom stereocenters. The summed E-state index contributed by atoms with van der Waals surface area (Å²) in [6.07, 6.45) is 1.83. The highest BCUT2D eigenvalue weighted by Gasteiger charge is 2.17. The van der Waals surface area contributed by atoms with Crippen LogP contribution >= 0.6 is 0 Å². The van der Waals surface area contributed by atoms with Crippen LogP contribution in [-0.4, -0.2) is 24.1 Å². The van der Waals surface area contributed by atoms with Gasteiger partial charge < -0.3 is 4.84 Å². The summed E-state index contributed by atoms with van der Waals surface area (Å²) in [5.41, 5.74) is 4.46. The Balaban J connectivity index is 1.83. The molecule has 0 unspecified atom stereocenters. The molecule has 4 nitrogen and oxygen atoms in total. The lowest BCUT2D eigenvalue weighted by Crippen LogP contribution is -2.26. The molecule has 4 heteroatoms. The lowest BCUT2D eigenvalue weighted by Gasteiger charge is -2.21. The number of aryl methyl sites for hydroxylation is 1. The average Bonchev–Trinajstić information content (AvgIpc) is 2.52. The highest BCUT2D eigenvalue weighted by atomic mass is 16.6. The largest absolute Gasteiger partial charge is 0.389 e. The van der Waals surface area contributed by atoms with Crippen molar-refractivity contribution in [3.63, 3.8) is 0 Å². The number of hydrogen-bond acceptors (Lipinski definition) is 4. The van der Waals surface area contributed by atoms with Crippen molar-refractivity contribution in [3.05, 3.63) is 70.8 Å². The topological polar surface area (TPSA) is 37.2 Å². The van der Waals surface area contributed by atoms with E-state index in [4.69, 9.17) is 4.84 Å². The number of rotatable bonds is 2. The molecule has 3 rings (SSSR count). The lowest BCUT2D eigenvalue weighted by molar-refractivity contribution is 0.121. The van der Waals surface area contributed by atoms with Crippen LogP contribution in [0.15, 0.2) is 58.8 Å². The third kappa shape index (κ3) is 2.94. The van der Waals surface area contributed by atoms with E-state index in [2.05, 4.69) is 29.3 Å². The molecule has 0 N–H and O–H groups in total. The van der Waals surface area contributed by atoms with Gasteiger partial charge in [-0.05, 0) is 12.5 Å². The Morgan fingerprint density at radius 3 is 2.90 bits per heavy atom. The molecule has 106 valence electrons. The van der Waals surface area contributed by atoms with Crippen molar-refractivity contribution in [2.24, 2.45) is 10.3 Å². The van der Waals surface area contributed by atoms with Crippen LogP contribution in [-0.2, 0) is 11.4 Å². The summed E-state index contributed by atoms with van der Waals surface area (Å²) in [5.74, 6) is 0.723. The Morgan fingerprint density at radius 2 is 2.05 bits per heavy atom. The van der Waals surface area contributed by atoms with Gasteiger partial charge in [0.05, 0.1) is 6.21 Å². The number of hydrogen-bond donors (Lipinski definition) is 0. The van der Waals surface area contributed by atoms with Crippen LogP contribution in [0.1, 0.15) is 22.3 Å². The Kier molecular flexibility index (Phi) is 3.69. The predicted molar refractivity (Wildman–Crippen MR) is 84.3 cm³/mol. The van der Waals surface area contributed by atoms with Gasteiger partial charge in [-0.25, -0.2) is 5.01 Å². The second-order valence-electron chi connectivity index (χ2n) is 5.03. The summed E-state index contributed by atoms with van der Waals surface area (Å²) in [5, 5.41) is 10.3. The molecule has 0 saturated heterocycles. The lowest BCUT2D eigenvalue weighted by atomic mass is 10.1. The van der Waals surface area contributed by atoms with Gasteiger partial charge in [0.25, 0.3) is 0 Å². The number of amidine groups is 1. The van der Waals surface area contributed by atoms with Crippen molar-refractivity contribution in [2.45, 2.75) is 13.5 Å². The minimum Gasteiger partial charge on any atom is -0.389 e. The van der Waals surface area contributed by atoms with Crippen molar-refractivity contribution in [2.75, 3.05) is 7.05 Å². The Labute approximate surface area is 124 Å². The summed E-state index contributed by atoms with van der Waals surface area (Å²) in [6.45, 7) is 2.57. The summed E-state index contributed by atoms with van der Waals surface area (Å²) in [4.78, 5) is 5.27. The standard InChI is InChI=1S/C17H17N3O/c1-13-6-5-7-14(10-13)11-18-20(2)17-16-9-4-3-8-15(16)12-21-19-17/h3-11H,12H2,1-2H3. The van der Waals surface area contributed by atoms with E-state index in [0.717, 1.165) is 22.5 Å². The van der Waals surface area contributed by atoms with Crippen molar-refractivity contribution in [1.29, 1.82) is 0 Å². The quantitative estimate of drug-likeness (QED) is 0.625. The molecule has 0 saturated carbocycles. The Hall–Kier alpha value is -2.62. The number of oxime groups is 1. The molecule has 0 spiro atoms. The summed E-state index contributed by atoms with van der Waals surface area (Å²) >= 11 is 0. The first-order chi connectivity index (χ1) is 10.2. The van der Waals surface area contributed by atoms with Gasteiger partial charge >= 0.3 is 0 Å². The molecule has 2 aromatic carbocycles. The molecule has 0 radical (unpaired) electrons. The molecule has 0 aromatic heterocycles. The molecule has 0 bridgehead atoms. The van der Waals surface area contributed by atoms with Gasteiger partial charge in [-0.2, -0.15) is 5.10 Å². The second-order valence-corrected chi connectivity index (χ2v) is 5.03. The van der Waals surface area contributed by atoms with E-state index in [9.17, 15) is 0 Å². The molecular formula is C17H17N3O. The molecule has 1 heterocycles.